The van der Waals surface area contributed by atoms with E-state index in [9.17, 15) is 4.79 Å². The van der Waals surface area contributed by atoms with Crippen LogP contribution in [0, 0.1) is 6.92 Å². The van der Waals surface area contributed by atoms with Crippen LogP contribution in [0.25, 0.3) is 0 Å². The minimum absolute atomic E-state index is 0.0161. The summed E-state index contributed by atoms with van der Waals surface area (Å²) >= 11 is 6.13. The Balaban J connectivity index is 1.80. The molecule has 1 unspecified atom stereocenters. The molecule has 20 heavy (non-hydrogen) atoms. The Labute approximate surface area is 123 Å². The number of hydrogen-bond donors (Lipinski definition) is 2. The second-order valence-corrected chi connectivity index (χ2v) is 5.39. The molecule has 0 bridgehead atoms. The molecule has 3 nitrogen and oxygen atoms in total. The zero-order valence-corrected chi connectivity index (χ0v) is 11.9. The highest BCUT2D eigenvalue weighted by atomic mass is 35.5. The van der Waals surface area contributed by atoms with Crippen molar-refractivity contribution in [2.75, 3.05) is 5.32 Å². The summed E-state index contributed by atoms with van der Waals surface area (Å²) in [7, 11) is 0. The molecule has 0 aromatic heterocycles. The topological polar surface area (TPSA) is 41.1 Å². The standard InChI is InChI=1S/C16H15ClN2O/c1-10-6-7-14-12(8-10)15(16(20)19-14)18-9-11-4-2-3-5-13(11)17/h2-8,15,18H,9H2,1H3,(H,19,20). The number of halogens is 1. The second kappa shape index (κ2) is 5.27. The summed E-state index contributed by atoms with van der Waals surface area (Å²) in [6, 6.07) is 13.3. The van der Waals surface area contributed by atoms with E-state index in [2.05, 4.69) is 10.6 Å². The molecule has 0 radical (unpaired) electrons. The molecule has 1 amide bonds. The van der Waals surface area contributed by atoms with Crippen molar-refractivity contribution in [3.63, 3.8) is 0 Å². The van der Waals surface area contributed by atoms with Crippen molar-refractivity contribution < 1.29 is 4.79 Å². The summed E-state index contributed by atoms with van der Waals surface area (Å²) in [5.74, 6) is -0.0161. The van der Waals surface area contributed by atoms with Gasteiger partial charge < -0.3 is 5.32 Å². The van der Waals surface area contributed by atoms with Gasteiger partial charge in [0.25, 0.3) is 0 Å². The van der Waals surface area contributed by atoms with Crippen LogP contribution in [0.2, 0.25) is 5.02 Å². The van der Waals surface area contributed by atoms with Gasteiger partial charge in [0.1, 0.15) is 6.04 Å². The molecule has 0 saturated heterocycles. The van der Waals surface area contributed by atoms with Crippen LogP contribution in [0.1, 0.15) is 22.7 Å². The van der Waals surface area contributed by atoms with Crippen LogP contribution in [0.4, 0.5) is 5.69 Å². The summed E-state index contributed by atoms with van der Waals surface area (Å²) in [6.07, 6.45) is 0. The molecule has 3 rings (SSSR count). The number of nitrogens with one attached hydrogen (secondary N) is 2. The van der Waals surface area contributed by atoms with Gasteiger partial charge in [-0.25, -0.2) is 0 Å². The van der Waals surface area contributed by atoms with Gasteiger partial charge in [0.2, 0.25) is 5.91 Å². The number of fused-ring (bicyclic) bond motifs is 1. The Bertz CT molecular complexity index is 669. The number of rotatable bonds is 3. The number of hydrogen-bond acceptors (Lipinski definition) is 2. The van der Waals surface area contributed by atoms with E-state index < -0.39 is 0 Å². The number of benzene rings is 2. The van der Waals surface area contributed by atoms with Gasteiger partial charge in [-0.15, -0.1) is 0 Å². The van der Waals surface area contributed by atoms with E-state index in [0.29, 0.717) is 11.6 Å². The van der Waals surface area contributed by atoms with E-state index in [1.807, 2.05) is 49.4 Å². The lowest BCUT2D eigenvalue weighted by Crippen LogP contribution is -2.27. The normalized spacial score (nSPS) is 16.9. The van der Waals surface area contributed by atoms with Gasteiger partial charge in [-0.1, -0.05) is 47.5 Å². The van der Waals surface area contributed by atoms with Gasteiger partial charge in [-0.2, -0.15) is 0 Å². The number of aryl methyl sites for hydroxylation is 1. The van der Waals surface area contributed by atoms with E-state index >= 15 is 0 Å². The summed E-state index contributed by atoms with van der Waals surface area (Å²) in [5.41, 5.74) is 4.02. The van der Waals surface area contributed by atoms with Crippen molar-refractivity contribution in [2.24, 2.45) is 0 Å². The Morgan fingerprint density at radius 1 is 1.25 bits per heavy atom. The van der Waals surface area contributed by atoms with E-state index in [4.69, 9.17) is 11.6 Å². The predicted octanol–water partition coefficient (Wildman–Crippen LogP) is 3.43. The third-order valence-corrected chi connectivity index (χ3v) is 3.86. The molecule has 102 valence electrons. The first-order valence-electron chi connectivity index (χ1n) is 6.53. The zero-order valence-electron chi connectivity index (χ0n) is 11.1. The number of carbonyl (C=O) groups excluding carboxylic acids is 1. The van der Waals surface area contributed by atoms with Crippen molar-refractivity contribution in [3.8, 4) is 0 Å². The Morgan fingerprint density at radius 3 is 2.85 bits per heavy atom. The molecule has 2 aromatic rings. The minimum atomic E-state index is -0.318. The Hall–Kier alpha value is -1.84. The smallest absolute Gasteiger partial charge is 0.246 e. The van der Waals surface area contributed by atoms with Crippen molar-refractivity contribution in [3.05, 3.63) is 64.2 Å². The van der Waals surface area contributed by atoms with E-state index in [1.54, 1.807) is 0 Å². The van der Waals surface area contributed by atoms with Crippen LogP contribution in [-0.4, -0.2) is 5.91 Å². The van der Waals surface area contributed by atoms with Gasteiger partial charge in [-0.3, -0.25) is 10.1 Å². The molecule has 1 aliphatic rings. The lowest BCUT2D eigenvalue weighted by molar-refractivity contribution is -0.117. The van der Waals surface area contributed by atoms with Crippen LogP contribution >= 0.6 is 11.6 Å². The minimum Gasteiger partial charge on any atom is -0.324 e. The van der Waals surface area contributed by atoms with Gasteiger partial charge in [0.05, 0.1) is 0 Å². The summed E-state index contributed by atoms with van der Waals surface area (Å²) in [5, 5.41) is 6.88. The highest BCUT2D eigenvalue weighted by Gasteiger charge is 2.29. The molecule has 2 N–H and O–H groups in total. The fourth-order valence-corrected chi connectivity index (χ4v) is 2.64. The van der Waals surface area contributed by atoms with E-state index in [0.717, 1.165) is 22.4 Å². The van der Waals surface area contributed by atoms with Crippen LogP contribution in [0.3, 0.4) is 0 Å². The maximum Gasteiger partial charge on any atom is 0.246 e. The lowest BCUT2D eigenvalue weighted by atomic mass is 10.1. The molecule has 0 spiro atoms. The highest BCUT2D eigenvalue weighted by molar-refractivity contribution is 6.31. The number of anilines is 1. The van der Waals surface area contributed by atoms with Crippen molar-refractivity contribution in [1.29, 1.82) is 0 Å². The van der Waals surface area contributed by atoms with Gasteiger partial charge in [0.15, 0.2) is 0 Å². The maximum atomic E-state index is 12.0. The summed E-state index contributed by atoms with van der Waals surface area (Å²) < 4.78 is 0. The van der Waals surface area contributed by atoms with Crippen LogP contribution in [-0.2, 0) is 11.3 Å². The average molecular weight is 287 g/mol. The van der Waals surface area contributed by atoms with E-state index in [-0.39, 0.29) is 11.9 Å². The molecular weight excluding hydrogens is 272 g/mol. The van der Waals surface area contributed by atoms with Gasteiger partial charge in [-0.05, 0) is 24.6 Å². The summed E-state index contributed by atoms with van der Waals surface area (Å²) in [4.78, 5) is 12.0. The molecule has 0 saturated carbocycles. The number of carbonyl (C=O) groups is 1. The van der Waals surface area contributed by atoms with Crippen LogP contribution in [0.5, 0.6) is 0 Å². The van der Waals surface area contributed by atoms with Crippen molar-refractivity contribution >= 4 is 23.2 Å². The molecule has 2 aromatic carbocycles. The van der Waals surface area contributed by atoms with Crippen LogP contribution in [0.15, 0.2) is 42.5 Å². The first-order chi connectivity index (χ1) is 9.65. The first-order valence-corrected chi connectivity index (χ1v) is 6.91. The van der Waals surface area contributed by atoms with Crippen molar-refractivity contribution in [2.45, 2.75) is 19.5 Å². The van der Waals surface area contributed by atoms with Gasteiger partial charge in [0, 0.05) is 22.8 Å². The number of amides is 1. The molecular formula is C16H15ClN2O. The maximum absolute atomic E-state index is 12.0. The molecule has 1 heterocycles. The molecule has 1 aliphatic heterocycles. The molecule has 1 atom stereocenters. The predicted molar refractivity (Wildman–Crippen MR) is 80.8 cm³/mol. The SMILES string of the molecule is Cc1ccc2c(c1)C(NCc1ccccc1Cl)C(=O)N2. The third kappa shape index (κ3) is 2.42. The average Bonchev–Trinajstić information content (AvgIpc) is 2.73. The largest absolute Gasteiger partial charge is 0.324 e. The monoisotopic (exact) mass is 286 g/mol. The fraction of sp³-hybridized carbons (Fsp3) is 0.188. The zero-order chi connectivity index (χ0) is 14.1. The fourth-order valence-electron chi connectivity index (χ4n) is 2.44. The Kier molecular flexibility index (Phi) is 3.47. The van der Waals surface area contributed by atoms with E-state index in [1.165, 1.54) is 0 Å². The second-order valence-electron chi connectivity index (χ2n) is 4.99. The first kappa shape index (κ1) is 13.2. The molecule has 0 fully saturated rings. The van der Waals surface area contributed by atoms with Crippen molar-refractivity contribution in [1.82, 2.24) is 5.32 Å². The quantitative estimate of drug-likeness (QED) is 0.907. The Morgan fingerprint density at radius 2 is 2.05 bits per heavy atom. The highest BCUT2D eigenvalue weighted by Crippen LogP contribution is 2.31. The molecule has 0 aliphatic carbocycles. The summed E-state index contributed by atoms with van der Waals surface area (Å²) in [6.45, 7) is 2.58. The lowest BCUT2D eigenvalue weighted by Gasteiger charge is -2.12. The van der Waals surface area contributed by atoms with Gasteiger partial charge >= 0.3 is 0 Å². The third-order valence-electron chi connectivity index (χ3n) is 3.49. The molecule has 4 heteroatoms. The van der Waals surface area contributed by atoms with Crippen LogP contribution < -0.4 is 10.6 Å².